The summed E-state index contributed by atoms with van der Waals surface area (Å²) in [5.74, 6) is 0. The molecule has 0 amide bonds. The van der Waals surface area contributed by atoms with Gasteiger partial charge in [-0.25, -0.2) is 4.98 Å². The number of aromatic amines is 1. The Kier molecular flexibility index (Phi) is 2.11. The summed E-state index contributed by atoms with van der Waals surface area (Å²) in [7, 11) is 0. The number of benzene rings is 1. The molecule has 0 unspecified atom stereocenters. The topological polar surface area (TPSA) is 28.7 Å². The van der Waals surface area contributed by atoms with Crippen LogP contribution in [0.25, 0.3) is 11.0 Å². The van der Waals surface area contributed by atoms with Crippen molar-refractivity contribution in [2.75, 3.05) is 0 Å². The monoisotopic (exact) mass is 242 g/mol. The van der Waals surface area contributed by atoms with Crippen LogP contribution in [0.1, 0.15) is 5.56 Å². The lowest BCUT2D eigenvalue weighted by molar-refractivity contribution is 1.29. The van der Waals surface area contributed by atoms with Crippen molar-refractivity contribution < 1.29 is 0 Å². The summed E-state index contributed by atoms with van der Waals surface area (Å²) in [6, 6.07) is 3.96. The Bertz CT molecular complexity index is 410. The van der Waals surface area contributed by atoms with E-state index in [1.165, 1.54) is 0 Å². The second-order valence-electron chi connectivity index (χ2n) is 2.50. The highest BCUT2D eigenvalue weighted by Crippen LogP contribution is 2.24. The number of imidazole rings is 1. The zero-order valence-electron chi connectivity index (χ0n) is 6.21. The maximum atomic E-state index is 4.35. The molecule has 0 bridgehead atoms. The van der Waals surface area contributed by atoms with Crippen LogP contribution in [0.2, 0.25) is 0 Å². The quantitative estimate of drug-likeness (QED) is 0.585. The van der Waals surface area contributed by atoms with Crippen LogP contribution in [0.3, 0.4) is 0 Å². The third-order valence-electron chi connectivity index (χ3n) is 1.81. The molecule has 1 aromatic carbocycles. The Morgan fingerprint density at radius 3 is 3.08 bits per heavy atom. The van der Waals surface area contributed by atoms with E-state index in [2.05, 4.69) is 38.5 Å². The number of H-pyrrole nitrogens is 1. The number of nitrogens with zero attached hydrogens (tertiary/aromatic N) is 1. The van der Waals surface area contributed by atoms with Gasteiger partial charge in [0.25, 0.3) is 0 Å². The molecule has 0 aliphatic carbocycles. The molecule has 0 aliphatic rings. The molecule has 62 valence electrons. The molecular weight excluding hydrogens is 236 g/mol. The van der Waals surface area contributed by atoms with Crippen molar-refractivity contribution in [3.8, 4) is 0 Å². The summed E-state index contributed by atoms with van der Waals surface area (Å²) < 4.78 is 0. The summed E-state index contributed by atoms with van der Waals surface area (Å²) in [6.45, 7) is 0. The first-order valence-electron chi connectivity index (χ1n) is 3.53. The lowest BCUT2D eigenvalue weighted by Crippen LogP contribution is -1.83. The minimum atomic E-state index is 0.786. The van der Waals surface area contributed by atoms with E-state index >= 15 is 0 Å². The van der Waals surface area contributed by atoms with Crippen LogP contribution in [0, 0.1) is 0 Å². The molecule has 12 heavy (non-hydrogen) atoms. The smallest absolute Gasteiger partial charge is 0.0934 e. The van der Waals surface area contributed by atoms with Crippen molar-refractivity contribution in [1.29, 1.82) is 0 Å². The summed E-state index contributed by atoms with van der Waals surface area (Å²) in [6.07, 6.45) is 1.70. The van der Waals surface area contributed by atoms with Crippen molar-refractivity contribution in [2.24, 2.45) is 0 Å². The lowest BCUT2D eigenvalue weighted by atomic mass is 10.2. The zero-order valence-corrected chi connectivity index (χ0v) is 8.69. The number of nitrogens with one attached hydrogen (secondary N) is 1. The Balaban J connectivity index is 2.83. The first kappa shape index (κ1) is 8.13. The van der Waals surface area contributed by atoms with E-state index in [9.17, 15) is 0 Å². The number of thiol groups is 1. The number of hydrogen-bond acceptors (Lipinski definition) is 2. The van der Waals surface area contributed by atoms with Gasteiger partial charge in [0.15, 0.2) is 0 Å². The average Bonchev–Trinajstić information content (AvgIpc) is 2.52. The predicted molar refractivity (Wildman–Crippen MR) is 56.0 cm³/mol. The summed E-state index contributed by atoms with van der Waals surface area (Å²) in [5, 5.41) is 0.786. The molecule has 1 aromatic heterocycles. The molecule has 2 rings (SSSR count). The summed E-state index contributed by atoms with van der Waals surface area (Å²) >= 11 is 7.76. The van der Waals surface area contributed by atoms with Crippen molar-refractivity contribution in [3.63, 3.8) is 0 Å². The van der Waals surface area contributed by atoms with E-state index < -0.39 is 0 Å². The molecule has 0 atom stereocenters. The van der Waals surface area contributed by atoms with Crippen LogP contribution in [0.5, 0.6) is 0 Å². The average molecular weight is 243 g/mol. The maximum absolute atomic E-state index is 4.35. The minimum absolute atomic E-state index is 0.786. The maximum Gasteiger partial charge on any atom is 0.0934 e. The molecule has 2 aromatic rings. The van der Waals surface area contributed by atoms with Crippen LogP contribution in [-0.4, -0.2) is 9.97 Å². The number of alkyl halides is 1. The largest absolute Gasteiger partial charge is 0.345 e. The molecule has 1 heterocycles. The van der Waals surface area contributed by atoms with Crippen molar-refractivity contribution in [3.05, 3.63) is 24.0 Å². The third kappa shape index (κ3) is 1.15. The van der Waals surface area contributed by atoms with E-state index in [0.29, 0.717) is 0 Å². The van der Waals surface area contributed by atoms with Gasteiger partial charge in [0.1, 0.15) is 0 Å². The number of halogens is 1. The van der Waals surface area contributed by atoms with Crippen LogP contribution in [0.15, 0.2) is 23.4 Å². The highest BCUT2D eigenvalue weighted by molar-refractivity contribution is 9.08. The van der Waals surface area contributed by atoms with Crippen LogP contribution in [0.4, 0.5) is 0 Å². The lowest BCUT2D eigenvalue weighted by Gasteiger charge is -2.00. The van der Waals surface area contributed by atoms with Crippen molar-refractivity contribution in [1.82, 2.24) is 9.97 Å². The normalized spacial score (nSPS) is 10.8. The Morgan fingerprint density at radius 1 is 1.50 bits per heavy atom. The third-order valence-corrected chi connectivity index (χ3v) is 2.79. The molecule has 2 nitrogen and oxygen atoms in total. The van der Waals surface area contributed by atoms with Gasteiger partial charge >= 0.3 is 0 Å². The van der Waals surface area contributed by atoms with E-state index in [1.807, 2.05) is 12.1 Å². The van der Waals surface area contributed by atoms with Gasteiger partial charge in [-0.2, -0.15) is 0 Å². The van der Waals surface area contributed by atoms with Crippen LogP contribution in [-0.2, 0) is 5.33 Å². The fraction of sp³-hybridized carbons (Fsp3) is 0.125. The predicted octanol–water partition coefficient (Wildman–Crippen LogP) is 2.75. The molecule has 0 spiro atoms. The van der Waals surface area contributed by atoms with Gasteiger partial charge in [-0.15, -0.1) is 12.6 Å². The summed E-state index contributed by atoms with van der Waals surface area (Å²) in [5.41, 5.74) is 3.19. The molecular formula is C8H7BrN2S. The Labute approximate surface area is 83.9 Å². The molecule has 0 aliphatic heterocycles. The minimum Gasteiger partial charge on any atom is -0.345 e. The molecule has 0 radical (unpaired) electrons. The van der Waals surface area contributed by atoms with E-state index in [0.717, 1.165) is 26.8 Å². The highest BCUT2D eigenvalue weighted by atomic mass is 79.9. The molecule has 0 saturated carbocycles. The first-order valence-corrected chi connectivity index (χ1v) is 5.09. The van der Waals surface area contributed by atoms with Crippen molar-refractivity contribution in [2.45, 2.75) is 10.2 Å². The van der Waals surface area contributed by atoms with Gasteiger partial charge in [0, 0.05) is 15.8 Å². The van der Waals surface area contributed by atoms with E-state index in [4.69, 9.17) is 0 Å². The molecule has 4 heteroatoms. The Morgan fingerprint density at radius 2 is 2.33 bits per heavy atom. The first-order chi connectivity index (χ1) is 5.83. The number of hydrogen-bond donors (Lipinski definition) is 2. The SMILES string of the molecule is Sc1ccc2[nH]cnc2c1CBr. The zero-order chi connectivity index (χ0) is 8.55. The van der Waals surface area contributed by atoms with E-state index in [1.54, 1.807) is 6.33 Å². The highest BCUT2D eigenvalue weighted by Gasteiger charge is 2.05. The van der Waals surface area contributed by atoms with Crippen LogP contribution >= 0.6 is 28.6 Å². The second kappa shape index (κ2) is 3.11. The van der Waals surface area contributed by atoms with Gasteiger partial charge < -0.3 is 4.98 Å². The second-order valence-corrected chi connectivity index (χ2v) is 3.54. The number of rotatable bonds is 1. The fourth-order valence-electron chi connectivity index (χ4n) is 1.19. The number of fused-ring (bicyclic) bond motifs is 1. The standard InChI is InChI=1S/C8H7BrN2S/c9-3-5-7(12)2-1-6-8(5)11-4-10-6/h1-2,4,12H,3H2,(H,10,11). The van der Waals surface area contributed by atoms with Crippen molar-refractivity contribution >= 4 is 39.6 Å². The van der Waals surface area contributed by atoms with Gasteiger partial charge in [-0.05, 0) is 12.1 Å². The van der Waals surface area contributed by atoms with Gasteiger partial charge in [0.2, 0.25) is 0 Å². The molecule has 0 saturated heterocycles. The number of aromatic nitrogens is 2. The van der Waals surface area contributed by atoms with Gasteiger partial charge in [-0.3, -0.25) is 0 Å². The Hall–Kier alpha value is -0.480. The molecule has 0 fully saturated rings. The summed E-state index contributed by atoms with van der Waals surface area (Å²) in [4.78, 5) is 8.25. The van der Waals surface area contributed by atoms with Crippen LogP contribution < -0.4 is 0 Å². The van der Waals surface area contributed by atoms with Gasteiger partial charge in [0.05, 0.1) is 17.4 Å². The fourth-order valence-corrected chi connectivity index (χ4v) is 2.23. The van der Waals surface area contributed by atoms with E-state index in [-0.39, 0.29) is 0 Å². The molecule has 1 N–H and O–H groups in total. The van der Waals surface area contributed by atoms with Gasteiger partial charge in [-0.1, -0.05) is 15.9 Å².